The summed E-state index contributed by atoms with van der Waals surface area (Å²) in [5, 5.41) is 3.18. The van der Waals surface area contributed by atoms with Crippen molar-refractivity contribution in [1.82, 2.24) is 5.32 Å². The van der Waals surface area contributed by atoms with E-state index in [4.69, 9.17) is 4.74 Å². The maximum atomic E-state index is 5.00. The van der Waals surface area contributed by atoms with Gasteiger partial charge >= 0.3 is 0 Å². The van der Waals surface area contributed by atoms with Gasteiger partial charge < -0.3 is 4.74 Å². The van der Waals surface area contributed by atoms with E-state index in [9.17, 15) is 0 Å². The fourth-order valence-electron chi connectivity index (χ4n) is 1.53. The van der Waals surface area contributed by atoms with Crippen LogP contribution in [0.4, 0.5) is 0 Å². The highest BCUT2D eigenvalue weighted by molar-refractivity contribution is 4.63. The summed E-state index contributed by atoms with van der Waals surface area (Å²) >= 11 is 0. The molecule has 0 aromatic carbocycles. The molecule has 86 valence electrons. The number of hydrogen-bond acceptors (Lipinski definition) is 2. The molecule has 2 heteroatoms. The third kappa shape index (κ3) is 8.52. The van der Waals surface area contributed by atoms with E-state index in [2.05, 4.69) is 19.2 Å². The van der Waals surface area contributed by atoms with Gasteiger partial charge in [-0.25, -0.2) is 0 Å². The first-order valence-corrected chi connectivity index (χ1v) is 6.11. The van der Waals surface area contributed by atoms with E-state index in [-0.39, 0.29) is 0 Å². The van der Waals surface area contributed by atoms with Crippen LogP contribution < -0.4 is 5.32 Å². The molecule has 1 atom stereocenters. The molecular formula is C12H27NO. The van der Waals surface area contributed by atoms with Gasteiger partial charge in [0.1, 0.15) is 6.23 Å². The SMILES string of the molecule is CCCCCCC.COC1CCCN1. The van der Waals surface area contributed by atoms with Crippen molar-refractivity contribution in [1.29, 1.82) is 0 Å². The van der Waals surface area contributed by atoms with Crippen LogP contribution >= 0.6 is 0 Å². The van der Waals surface area contributed by atoms with Crippen LogP contribution in [0.25, 0.3) is 0 Å². The third-order valence-corrected chi connectivity index (χ3v) is 2.51. The second kappa shape index (κ2) is 11.0. The molecule has 0 bridgehead atoms. The molecule has 1 fully saturated rings. The van der Waals surface area contributed by atoms with Gasteiger partial charge in [0.15, 0.2) is 0 Å². The van der Waals surface area contributed by atoms with Gasteiger partial charge in [-0.2, -0.15) is 0 Å². The quantitative estimate of drug-likeness (QED) is 0.689. The minimum atomic E-state index is 0.347. The number of unbranched alkanes of at least 4 members (excludes halogenated alkanes) is 4. The van der Waals surface area contributed by atoms with Crippen LogP contribution in [0.1, 0.15) is 58.8 Å². The summed E-state index contributed by atoms with van der Waals surface area (Å²) in [6.07, 6.45) is 9.80. The monoisotopic (exact) mass is 201 g/mol. The van der Waals surface area contributed by atoms with Crippen molar-refractivity contribution in [3.8, 4) is 0 Å². The van der Waals surface area contributed by atoms with Crippen molar-refractivity contribution in [3.05, 3.63) is 0 Å². The molecule has 0 aromatic heterocycles. The molecule has 1 aliphatic heterocycles. The molecule has 0 aliphatic carbocycles. The molecule has 0 saturated carbocycles. The topological polar surface area (TPSA) is 21.3 Å². The van der Waals surface area contributed by atoms with E-state index < -0.39 is 0 Å². The summed E-state index contributed by atoms with van der Waals surface area (Å²) in [4.78, 5) is 0. The van der Waals surface area contributed by atoms with Crippen molar-refractivity contribution < 1.29 is 4.74 Å². The van der Waals surface area contributed by atoms with Gasteiger partial charge in [0.05, 0.1) is 0 Å². The van der Waals surface area contributed by atoms with Gasteiger partial charge in [0.25, 0.3) is 0 Å². The van der Waals surface area contributed by atoms with E-state index in [1.165, 1.54) is 44.9 Å². The lowest BCUT2D eigenvalue weighted by Crippen LogP contribution is -2.22. The number of nitrogens with one attached hydrogen (secondary N) is 1. The summed E-state index contributed by atoms with van der Waals surface area (Å²) in [6, 6.07) is 0. The maximum absolute atomic E-state index is 5.00. The third-order valence-electron chi connectivity index (χ3n) is 2.51. The Balaban J connectivity index is 0.000000241. The summed E-state index contributed by atoms with van der Waals surface area (Å²) < 4.78 is 5.00. The predicted octanol–water partition coefficient (Wildman–Crippen LogP) is 3.32. The highest BCUT2D eigenvalue weighted by atomic mass is 16.5. The van der Waals surface area contributed by atoms with Crippen molar-refractivity contribution in [2.24, 2.45) is 0 Å². The van der Waals surface area contributed by atoms with Gasteiger partial charge in [0, 0.05) is 7.11 Å². The fourth-order valence-corrected chi connectivity index (χ4v) is 1.53. The second-order valence-corrected chi connectivity index (χ2v) is 3.88. The van der Waals surface area contributed by atoms with Crippen molar-refractivity contribution in [3.63, 3.8) is 0 Å². The molecule has 1 N–H and O–H groups in total. The number of methoxy groups -OCH3 is 1. The maximum Gasteiger partial charge on any atom is 0.107 e. The molecule has 1 aliphatic rings. The van der Waals surface area contributed by atoms with E-state index in [0.717, 1.165) is 6.54 Å². The first-order valence-electron chi connectivity index (χ1n) is 6.11. The number of hydrogen-bond donors (Lipinski definition) is 1. The van der Waals surface area contributed by atoms with Crippen molar-refractivity contribution in [2.45, 2.75) is 65.0 Å². The van der Waals surface area contributed by atoms with Crippen molar-refractivity contribution >= 4 is 0 Å². The van der Waals surface area contributed by atoms with Gasteiger partial charge in [0.2, 0.25) is 0 Å². The molecule has 0 aromatic rings. The molecule has 1 rings (SSSR count). The Bertz CT molecular complexity index is 96.5. The first-order chi connectivity index (χ1) is 6.85. The van der Waals surface area contributed by atoms with Gasteiger partial charge in [-0.05, 0) is 19.4 Å². The summed E-state index contributed by atoms with van der Waals surface area (Å²) in [5.74, 6) is 0. The van der Waals surface area contributed by atoms with Gasteiger partial charge in [-0.1, -0.05) is 46.0 Å². The Kier molecular flexibility index (Phi) is 10.9. The average molecular weight is 201 g/mol. The largest absolute Gasteiger partial charge is 0.367 e. The number of ether oxygens (including phenoxy) is 1. The Morgan fingerprint density at radius 2 is 1.79 bits per heavy atom. The minimum Gasteiger partial charge on any atom is -0.367 e. The van der Waals surface area contributed by atoms with E-state index in [1.807, 2.05) is 0 Å². The average Bonchev–Trinajstić information content (AvgIpc) is 2.72. The molecule has 0 spiro atoms. The Labute approximate surface area is 89.4 Å². The van der Waals surface area contributed by atoms with Crippen LogP contribution in [0.2, 0.25) is 0 Å². The van der Waals surface area contributed by atoms with Crippen LogP contribution in [-0.2, 0) is 4.74 Å². The van der Waals surface area contributed by atoms with Crippen LogP contribution in [0.15, 0.2) is 0 Å². The van der Waals surface area contributed by atoms with E-state index in [0.29, 0.717) is 6.23 Å². The Hall–Kier alpha value is -0.0800. The minimum absolute atomic E-state index is 0.347. The fraction of sp³-hybridized carbons (Fsp3) is 1.00. The van der Waals surface area contributed by atoms with Gasteiger partial charge in [-0.15, -0.1) is 0 Å². The van der Waals surface area contributed by atoms with Crippen LogP contribution in [-0.4, -0.2) is 19.9 Å². The number of rotatable bonds is 5. The summed E-state index contributed by atoms with van der Waals surface area (Å²) in [5.41, 5.74) is 0. The molecule has 1 heterocycles. The normalized spacial score (nSPS) is 20.4. The molecular weight excluding hydrogens is 174 g/mol. The van der Waals surface area contributed by atoms with Crippen molar-refractivity contribution in [2.75, 3.05) is 13.7 Å². The lowest BCUT2D eigenvalue weighted by Gasteiger charge is -2.04. The van der Waals surface area contributed by atoms with E-state index in [1.54, 1.807) is 7.11 Å². The Morgan fingerprint density at radius 1 is 1.14 bits per heavy atom. The molecule has 1 saturated heterocycles. The summed E-state index contributed by atoms with van der Waals surface area (Å²) in [7, 11) is 1.74. The zero-order valence-corrected chi connectivity index (χ0v) is 10.1. The molecule has 14 heavy (non-hydrogen) atoms. The highest BCUT2D eigenvalue weighted by Crippen LogP contribution is 2.03. The standard InChI is InChI=1S/C7H16.C5H11NO/c1-3-5-7-6-4-2;1-7-5-3-2-4-6-5/h3-7H2,1-2H3;5-6H,2-4H2,1H3. The van der Waals surface area contributed by atoms with Crippen LogP contribution in [0.5, 0.6) is 0 Å². The molecule has 0 radical (unpaired) electrons. The van der Waals surface area contributed by atoms with Gasteiger partial charge in [-0.3, -0.25) is 5.32 Å². The van der Waals surface area contributed by atoms with E-state index >= 15 is 0 Å². The highest BCUT2D eigenvalue weighted by Gasteiger charge is 2.10. The first kappa shape index (κ1) is 13.9. The Morgan fingerprint density at radius 3 is 2.07 bits per heavy atom. The smallest absolute Gasteiger partial charge is 0.107 e. The van der Waals surface area contributed by atoms with Crippen LogP contribution in [0.3, 0.4) is 0 Å². The lowest BCUT2D eigenvalue weighted by atomic mass is 10.2. The summed E-state index contributed by atoms with van der Waals surface area (Å²) in [6.45, 7) is 5.61. The predicted molar refractivity (Wildman–Crippen MR) is 62.5 cm³/mol. The second-order valence-electron chi connectivity index (χ2n) is 3.88. The lowest BCUT2D eigenvalue weighted by molar-refractivity contribution is 0.0912. The van der Waals surface area contributed by atoms with Crippen LogP contribution in [0, 0.1) is 0 Å². The molecule has 2 nitrogen and oxygen atoms in total. The zero-order chi connectivity index (χ0) is 10.6. The zero-order valence-electron chi connectivity index (χ0n) is 10.1. The molecule has 1 unspecified atom stereocenters. The molecule has 0 amide bonds.